The largest absolute Gasteiger partial charge is 0.396 e. The molecule has 17 heavy (non-hydrogen) atoms. The predicted octanol–water partition coefficient (Wildman–Crippen LogP) is 2.55. The predicted molar refractivity (Wildman–Crippen MR) is 71.1 cm³/mol. The van der Waals surface area contributed by atoms with Crippen molar-refractivity contribution in [2.75, 3.05) is 18.5 Å². The first kappa shape index (κ1) is 12.8. The summed E-state index contributed by atoms with van der Waals surface area (Å²) in [6, 6.07) is 1.87. The van der Waals surface area contributed by atoms with Crippen molar-refractivity contribution in [2.45, 2.75) is 32.6 Å². The molecule has 0 saturated heterocycles. The fraction of sp³-hybridized carbons (Fsp3) is 0.667. The van der Waals surface area contributed by atoms with Gasteiger partial charge in [-0.1, -0.05) is 13.8 Å². The maximum absolute atomic E-state index is 9.25. The van der Waals surface area contributed by atoms with Crippen LogP contribution in [-0.2, 0) is 0 Å². The SMILES string of the molecule is CC(C)c1nc(Br)cc(NCC2(CO)CC2)n1. The smallest absolute Gasteiger partial charge is 0.134 e. The minimum absolute atomic E-state index is 0.0927. The van der Waals surface area contributed by atoms with Crippen molar-refractivity contribution in [3.05, 3.63) is 16.5 Å². The molecule has 0 spiro atoms. The first-order valence-electron chi connectivity index (χ1n) is 5.94. The van der Waals surface area contributed by atoms with Crippen LogP contribution in [0.2, 0.25) is 0 Å². The van der Waals surface area contributed by atoms with Gasteiger partial charge in [0.05, 0.1) is 6.61 Å². The Morgan fingerprint density at radius 1 is 1.47 bits per heavy atom. The first-order valence-corrected chi connectivity index (χ1v) is 6.73. The van der Waals surface area contributed by atoms with Crippen LogP contribution >= 0.6 is 15.9 Å². The summed E-state index contributed by atoms with van der Waals surface area (Å²) in [5.41, 5.74) is 0.0927. The molecule has 94 valence electrons. The van der Waals surface area contributed by atoms with Crippen molar-refractivity contribution in [3.63, 3.8) is 0 Å². The van der Waals surface area contributed by atoms with Crippen LogP contribution in [0.15, 0.2) is 10.7 Å². The molecule has 0 unspecified atom stereocenters. The van der Waals surface area contributed by atoms with Gasteiger partial charge in [-0.15, -0.1) is 0 Å². The maximum Gasteiger partial charge on any atom is 0.134 e. The van der Waals surface area contributed by atoms with Gasteiger partial charge in [0.15, 0.2) is 0 Å². The molecule has 1 aliphatic rings. The summed E-state index contributed by atoms with van der Waals surface area (Å²) in [5.74, 6) is 1.96. The van der Waals surface area contributed by atoms with Gasteiger partial charge in [0.1, 0.15) is 16.2 Å². The fourth-order valence-electron chi connectivity index (χ4n) is 1.63. The van der Waals surface area contributed by atoms with Crippen molar-refractivity contribution in [1.82, 2.24) is 9.97 Å². The van der Waals surface area contributed by atoms with Crippen molar-refractivity contribution in [2.24, 2.45) is 5.41 Å². The van der Waals surface area contributed by atoms with E-state index in [0.717, 1.165) is 35.6 Å². The van der Waals surface area contributed by atoms with E-state index in [0.29, 0.717) is 5.92 Å². The molecule has 1 heterocycles. The summed E-state index contributed by atoms with van der Waals surface area (Å²) in [5, 5.41) is 12.5. The molecule has 1 aliphatic carbocycles. The van der Waals surface area contributed by atoms with Gasteiger partial charge in [0.25, 0.3) is 0 Å². The number of hydrogen-bond donors (Lipinski definition) is 2. The van der Waals surface area contributed by atoms with Gasteiger partial charge >= 0.3 is 0 Å². The standard InChI is InChI=1S/C12H18BrN3O/c1-8(2)11-15-9(13)5-10(16-11)14-6-12(7-17)3-4-12/h5,8,17H,3-4,6-7H2,1-2H3,(H,14,15,16). The average molecular weight is 300 g/mol. The van der Waals surface area contributed by atoms with Crippen LogP contribution in [0.1, 0.15) is 38.4 Å². The summed E-state index contributed by atoms with van der Waals surface area (Å²) in [6.45, 7) is 5.18. The summed E-state index contributed by atoms with van der Waals surface area (Å²) >= 11 is 3.39. The van der Waals surface area contributed by atoms with E-state index in [9.17, 15) is 5.11 Å². The average Bonchev–Trinajstić information content (AvgIpc) is 3.06. The topological polar surface area (TPSA) is 58.0 Å². The van der Waals surface area contributed by atoms with Gasteiger partial charge < -0.3 is 10.4 Å². The molecular formula is C12H18BrN3O. The molecule has 2 N–H and O–H groups in total. The molecule has 0 radical (unpaired) electrons. The minimum Gasteiger partial charge on any atom is -0.396 e. The Morgan fingerprint density at radius 2 is 2.18 bits per heavy atom. The molecular weight excluding hydrogens is 282 g/mol. The fourth-order valence-corrected chi connectivity index (χ4v) is 2.03. The lowest BCUT2D eigenvalue weighted by atomic mass is 10.1. The summed E-state index contributed by atoms with van der Waals surface area (Å²) in [7, 11) is 0. The highest BCUT2D eigenvalue weighted by Gasteiger charge is 2.41. The van der Waals surface area contributed by atoms with Crippen molar-refractivity contribution < 1.29 is 5.11 Å². The summed E-state index contributed by atoms with van der Waals surface area (Å²) in [6.07, 6.45) is 2.19. The second kappa shape index (κ2) is 4.90. The molecule has 4 nitrogen and oxygen atoms in total. The Labute approximate surface area is 110 Å². The third-order valence-corrected chi connectivity index (χ3v) is 3.57. The highest BCUT2D eigenvalue weighted by Crippen LogP contribution is 2.44. The number of hydrogen-bond acceptors (Lipinski definition) is 4. The van der Waals surface area contributed by atoms with E-state index in [1.165, 1.54) is 0 Å². The van der Waals surface area contributed by atoms with Crippen LogP contribution in [0.5, 0.6) is 0 Å². The van der Waals surface area contributed by atoms with Gasteiger partial charge in [0.2, 0.25) is 0 Å². The lowest BCUT2D eigenvalue weighted by Gasteiger charge is -2.14. The van der Waals surface area contributed by atoms with Gasteiger partial charge in [0, 0.05) is 23.9 Å². The molecule has 0 amide bonds. The molecule has 1 aromatic rings. The van der Waals surface area contributed by atoms with E-state index in [-0.39, 0.29) is 12.0 Å². The Bertz CT molecular complexity index is 405. The number of halogens is 1. The Hall–Kier alpha value is -0.680. The number of aliphatic hydroxyl groups is 1. The van der Waals surface area contributed by atoms with E-state index in [1.54, 1.807) is 0 Å². The maximum atomic E-state index is 9.25. The Morgan fingerprint density at radius 3 is 2.71 bits per heavy atom. The highest BCUT2D eigenvalue weighted by molar-refractivity contribution is 9.10. The third-order valence-electron chi connectivity index (χ3n) is 3.17. The minimum atomic E-state index is 0.0927. The molecule has 0 aliphatic heterocycles. The van der Waals surface area contributed by atoms with Gasteiger partial charge in [-0.05, 0) is 28.8 Å². The van der Waals surface area contributed by atoms with E-state index < -0.39 is 0 Å². The zero-order chi connectivity index (χ0) is 12.5. The highest BCUT2D eigenvalue weighted by atomic mass is 79.9. The van der Waals surface area contributed by atoms with Crippen LogP contribution < -0.4 is 5.32 Å². The number of aliphatic hydroxyl groups excluding tert-OH is 1. The van der Waals surface area contributed by atoms with Crippen LogP contribution in [-0.4, -0.2) is 28.2 Å². The number of aromatic nitrogens is 2. The Balaban J connectivity index is 2.05. The Kier molecular flexibility index (Phi) is 3.68. The van der Waals surface area contributed by atoms with Crippen LogP contribution in [0.4, 0.5) is 5.82 Å². The van der Waals surface area contributed by atoms with E-state index in [1.807, 2.05) is 6.07 Å². The molecule has 1 saturated carbocycles. The van der Waals surface area contributed by atoms with Crippen LogP contribution in [0.25, 0.3) is 0 Å². The lowest BCUT2D eigenvalue weighted by molar-refractivity contribution is 0.219. The number of rotatable bonds is 5. The molecule has 0 atom stereocenters. The molecule has 1 aromatic heterocycles. The number of nitrogens with one attached hydrogen (secondary N) is 1. The van der Waals surface area contributed by atoms with E-state index >= 15 is 0 Å². The summed E-state index contributed by atoms with van der Waals surface area (Å²) in [4.78, 5) is 8.79. The monoisotopic (exact) mass is 299 g/mol. The van der Waals surface area contributed by atoms with Gasteiger partial charge in [-0.25, -0.2) is 9.97 Å². The second-order valence-corrected chi connectivity index (χ2v) is 5.91. The van der Waals surface area contributed by atoms with E-state index in [2.05, 4.69) is 45.1 Å². The zero-order valence-corrected chi connectivity index (χ0v) is 11.8. The zero-order valence-electron chi connectivity index (χ0n) is 10.2. The van der Waals surface area contributed by atoms with Crippen molar-refractivity contribution in [1.29, 1.82) is 0 Å². The van der Waals surface area contributed by atoms with Gasteiger partial charge in [-0.3, -0.25) is 0 Å². The normalized spacial score (nSPS) is 17.2. The molecule has 0 bridgehead atoms. The molecule has 2 rings (SSSR count). The quantitative estimate of drug-likeness (QED) is 0.821. The molecule has 5 heteroatoms. The van der Waals surface area contributed by atoms with Crippen LogP contribution in [0, 0.1) is 5.41 Å². The van der Waals surface area contributed by atoms with Crippen molar-refractivity contribution in [3.8, 4) is 0 Å². The third kappa shape index (κ3) is 3.16. The second-order valence-electron chi connectivity index (χ2n) is 5.10. The van der Waals surface area contributed by atoms with E-state index in [4.69, 9.17) is 0 Å². The molecule has 1 fully saturated rings. The van der Waals surface area contributed by atoms with Gasteiger partial charge in [-0.2, -0.15) is 0 Å². The van der Waals surface area contributed by atoms with Crippen LogP contribution in [0.3, 0.4) is 0 Å². The summed E-state index contributed by atoms with van der Waals surface area (Å²) < 4.78 is 0.799. The lowest BCUT2D eigenvalue weighted by Crippen LogP contribution is -2.20. The number of nitrogens with zero attached hydrogens (tertiary/aromatic N) is 2. The first-order chi connectivity index (χ1) is 8.04. The van der Waals surface area contributed by atoms with Crippen molar-refractivity contribution >= 4 is 21.7 Å². The molecule has 0 aromatic carbocycles. The number of anilines is 1.